The smallest absolute Gasteiger partial charge is 0.230 e. The zero-order valence-corrected chi connectivity index (χ0v) is 15.1. The Labute approximate surface area is 155 Å². The first-order chi connectivity index (χ1) is 12.6. The molecule has 3 aromatic rings. The summed E-state index contributed by atoms with van der Waals surface area (Å²) in [6.07, 6.45) is 0. The van der Waals surface area contributed by atoms with Gasteiger partial charge in [-0.05, 0) is 30.2 Å². The second kappa shape index (κ2) is 6.88. The van der Waals surface area contributed by atoms with Crippen molar-refractivity contribution in [1.82, 2.24) is 4.98 Å². The van der Waals surface area contributed by atoms with Gasteiger partial charge in [0.25, 0.3) is 0 Å². The van der Waals surface area contributed by atoms with Gasteiger partial charge in [0.1, 0.15) is 13.2 Å². The van der Waals surface area contributed by atoms with Gasteiger partial charge in [-0.3, -0.25) is 4.79 Å². The van der Waals surface area contributed by atoms with E-state index in [1.165, 1.54) is 11.8 Å². The highest BCUT2D eigenvalue weighted by molar-refractivity contribution is 8.00. The number of ether oxygens (including phenoxy) is 2. The van der Waals surface area contributed by atoms with Crippen molar-refractivity contribution in [3.8, 4) is 22.6 Å². The summed E-state index contributed by atoms with van der Waals surface area (Å²) in [6, 6.07) is 16.0. The average Bonchev–Trinajstić information content (AvgIpc) is 2.66. The molecule has 132 valence electrons. The van der Waals surface area contributed by atoms with E-state index < -0.39 is 0 Å². The first kappa shape index (κ1) is 16.7. The Bertz CT molecular complexity index is 976. The maximum absolute atomic E-state index is 11.5. The van der Waals surface area contributed by atoms with Crippen molar-refractivity contribution in [1.29, 1.82) is 0 Å². The lowest BCUT2D eigenvalue weighted by Crippen LogP contribution is -2.22. The van der Waals surface area contributed by atoms with Gasteiger partial charge in [0.15, 0.2) is 11.5 Å². The predicted molar refractivity (Wildman–Crippen MR) is 103 cm³/mol. The Hall–Kier alpha value is -2.73. The van der Waals surface area contributed by atoms with E-state index in [0.29, 0.717) is 19.0 Å². The van der Waals surface area contributed by atoms with E-state index in [9.17, 15) is 4.79 Å². The maximum Gasteiger partial charge on any atom is 0.230 e. The van der Waals surface area contributed by atoms with Crippen LogP contribution in [-0.4, -0.2) is 29.4 Å². The van der Waals surface area contributed by atoms with E-state index in [2.05, 4.69) is 12.1 Å². The van der Waals surface area contributed by atoms with Crippen molar-refractivity contribution in [2.75, 3.05) is 13.2 Å². The number of hydrogen-bond acceptors (Lipinski definition) is 5. The monoisotopic (exact) mass is 366 g/mol. The largest absolute Gasteiger partial charge is 0.486 e. The molecular formula is C20H18N2O3S. The quantitative estimate of drug-likeness (QED) is 0.714. The third kappa shape index (κ3) is 3.20. The number of nitrogens with zero attached hydrogens (tertiary/aromatic N) is 1. The first-order valence-electron chi connectivity index (χ1n) is 8.37. The number of pyridine rings is 1. The first-order valence-corrected chi connectivity index (χ1v) is 9.25. The highest BCUT2D eigenvalue weighted by atomic mass is 32.2. The van der Waals surface area contributed by atoms with Crippen molar-refractivity contribution < 1.29 is 14.3 Å². The zero-order chi connectivity index (χ0) is 18.1. The van der Waals surface area contributed by atoms with Crippen LogP contribution in [0.15, 0.2) is 53.6 Å². The Balaban J connectivity index is 1.91. The Morgan fingerprint density at radius 3 is 2.50 bits per heavy atom. The summed E-state index contributed by atoms with van der Waals surface area (Å²) in [7, 11) is 0. The summed E-state index contributed by atoms with van der Waals surface area (Å²) >= 11 is 1.36. The van der Waals surface area contributed by atoms with Gasteiger partial charge in [0, 0.05) is 11.5 Å². The number of primary amides is 1. The minimum atomic E-state index is -0.361. The molecule has 0 fully saturated rings. The van der Waals surface area contributed by atoms with E-state index in [-0.39, 0.29) is 11.2 Å². The fraction of sp³-hybridized carbons (Fsp3) is 0.200. The molecule has 0 spiro atoms. The Morgan fingerprint density at radius 2 is 1.81 bits per heavy atom. The third-order valence-electron chi connectivity index (χ3n) is 4.23. The van der Waals surface area contributed by atoms with Crippen LogP contribution in [0, 0.1) is 0 Å². The van der Waals surface area contributed by atoms with Crippen LogP contribution >= 0.6 is 11.8 Å². The Kier molecular flexibility index (Phi) is 4.42. The summed E-state index contributed by atoms with van der Waals surface area (Å²) < 4.78 is 11.4. The number of aromatic nitrogens is 1. The molecule has 1 aromatic heterocycles. The lowest BCUT2D eigenvalue weighted by Gasteiger charge is -2.20. The summed E-state index contributed by atoms with van der Waals surface area (Å²) in [5, 5.41) is 1.37. The molecule has 26 heavy (non-hydrogen) atoms. The third-order valence-corrected chi connectivity index (χ3v) is 5.27. The summed E-state index contributed by atoms with van der Waals surface area (Å²) in [4.78, 5) is 16.2. The molecule has 0 bridgehead atoms. The van der Waals surface area contributed by atoms with Gasteiger partial charge in [-0.1, -0.05) is 42.1 Å². The van der Waals surface area contributed by atoms with Gasteiger partial charge in [-0.2, -0.15) is 0 Å². The van der Waals surface area contributed by atoms with E-state index in [1.807, 2.05) is 36.4 Å². The number of nitrogens with two attached hydrogens (primary N) is 1. The standard InChI is InChI=1S/C20H18N2O3S/c1-12(20(21)23)26-19-10-14(13-5-3-2-4-6-13)15-9-17-18(11-16(15)22-19)25-8-7-24-17/h2-6,9-12H,7-8H2,1H3,(H2,21,23)/t12-/m1/s1. The minimum Gasteiger partial charge on any atom is -0.486 e. The second-order valence-electron chi connectivity index (χ2n) is 6.05. The van der Waals surface area contributed by atoms with Crippen LogP contribution in [0.1, 0.15) is 6.92 Å². The molecule has 6 heteroatoms. The fourth-order valence-corrected chi connectivity index (χ4v) is 3.71. The molecule has 0 saturated heterocycles. The second-order valence-corrected chi connectivity index (χ2v) is 7.41. The molecule has 0 aliphatic carbocycles. The van der Waals surface area contributed by atoms with Crippen molar-refractivity contribution in [2.24, 2.45) is 5.73 Å². The van der Waals surface area contributed by atoms with Crippen LogP contribution in [0.4, 0.5) is 0 Å². The highest BCUT2D eigenvalue weighted by Crippen LogP contribution is 2.39. The van der Waals surface area contributed by atoms with Crippen LogP contribution in [-0.2, 0) is 4.79 Å². The van der Waals surface area contributed by atoms with Gasteiger partial charge in [0.2, 0.25) is 5.91 Å². The number of carbonyl (C=O) groups excluding carboxylic acids is 1. The van der Waals surface area contributed by atoms with Crippen molar-refractivity contribution in [3.63, 3.8) is 0 Å². The van der Waals surface area contributed by atoms with Crippen molar-refractivity contribution in [2.45, 2.75) is 17.2 Å². The van der Waals surface area contributed by atoms with E-state index >= 15 is 0 Å². The molecule has 2 heterocycles. The van der Waals surface area contributed by atoms with E-state index in [4.69, 9.17) is 20.2 Å². The van der Waals surface area contributed by atoms with E-state index in [0.717, 1.165) is 32.8 Å². The summed E-state index contributed by atoms with van der Waals surface area (Å²) in [5.41, 5.74) is 8.32. The number of benzene rings is 2. The van der Waals surface area contributed by atoms with E-state index in [1.54, 1.807) is 6.92 Å². The fourth-order valence-electron chi connectivity index (χ4n) is 2.89. The summed E-state index contributed by atoms with van der Waals surface area (Å²) in [5.74, 6) is 1.06. The molecule has 1 aliphatic heterocycles. The lowest BCUT2D eigenvalue weighted by molar-refractivity contribution is -0.117. The number of rotatable bonds is 4. The molecule has 1 amide bonds. The molecule has 1 atom stereocenters. The Morgan fingerprint density at radius 1 is 1.12 bits per heavy atom. The molecule has 5 nitrogen and oxygen atoms in total. The van der Waals surface area contributed by atoms with Gasteiger partial charge in [-0.15, -0.1) is 0 Å². The minimum absolute atomic E-state index is 0.360. The van der Waals surface area contributed by atoms with Crippen molar-refractivity contribution >= 4 is 28.6 Å². The molecule has 0 unspecified atom stereocenters. The van der Waals surface area contributed by atoms with Gasteiger partial charge in [-0.25, -0.2) is 4.98 Å². The number of thioether (sulfide) groups is 1. The van der Waals surface area contributed by atoms with Crippen LogP contribution in [0.3, 0.4) is 0 Å². The molecule has 4 rings (SSSR count). The van der Waals surface area contributed by atoms with Crippen LogP contribution < -0.4 is 15.2 Å². The number of amides is 1. The molecular weight excluding hydrogens is 348 g/mol. The van der Waals surface area contributed by atoms with Gasteiger partial charge < -0.3 is 15.2 Å². The van der Waals surface area contributed by atoms with Gasteiger partial charge in [0.05, 0.1) is 15.8 Å². The zero-order valence-electron chi connectivity index (χ0n) is 14.3. The maximum atomic E-state index is 11.5. The van der Waals surface area contributed by atoms with Crippen molar-refractivity contribution in [3.05, 3.63) is 48.5 Å². The number of fused-ring (bicyclic) bond motifs is 2. The van der Waals surface area contributed by atoms with Crippen LogP contribution in [0.2, 0.25) is 0 Å². The number of carbonyl (C=O) groups is 1. The topological polar surface area (TPSA) is 74.4 Å². The van der Waals surface area contributed by atoms with Crippen LogP contribution in [0.5, 0.6) is 11.5 Å². The molecule has 0 saturated carbocycles. The van der Waals surface area contributed by atoms with Gasteiger partial charge >= 0.3 is 0 Å². The predicted octanol–water partition coefficient (Wildman–Crippen LogP) is 3.64. The SMILES string of the molecule is C[C@@H](Sc1cc(-c2ccccc2)c2cc3c(cc2n1)OCCO3)C(N)=O. The molecule has 1 aliphatic rings. The lowest BCUT2D eigenvalue weighted by atomic mass is 10.0. The molecule has 2 N–H and O–H groups in total. The number of hydrogen-bond donors (Lipinski definition) is 1. The molecule has 0 radical (unpaired) electrons. The average molecular weight is 366 g/mol. The molecule has 2 aromatic carbocycles. The normalized spacial score (nSPS) is 14.2. The van der Waals surface area contributed by atoms with Crippen LogP contribution in [0.25, 0.3) is 22.0 Å². The highest BCUT2D eigenvalue weighted by Gasteiger charge is 2.18. The summed E-state index contributed by atoms with van der Waals surface area (Å²) in [6.45, 7) is 2.85.